The molecule has 3 aromatic rings. The van der Waals surface area contributed by atoms with Crippen molar-refractivity contribution in [3.05, 3.63) is 89.6 Å². The van der Waals surface area contributed by atoms with Gasteiger partial charge in [0.15, 0.2) is 9.84 Å². The molecule has 0 aliphatic rings. The predicted octanol–water partition coefficient (Wildman–Crippen LogP) is 3.49. The van der Waals surface area contributed by atoms with Crippen LogP contribution in [0.1, 0.15) is 16.4 Å². The lowest BCUT2D eigenvalue weighted by Crippen LogP contribution is -2.30. The first-order chi connectivity index (χ1) is 13.1. The molecule has 0 saturated heterocycles. The van der Waals surface area contributed by atoms with E-state index in [0.717, 1.165) is 16.9 Å². The number of nitrogens with zero attached hydrogens (tertiary/aromatic N) is 1. The van der Waals surface area contributed by atoms with E-state index in [0.29, 0.717) is 5.56 Å². The van der Waals surface area contributed by atoms with Gasteiger partial charge in [0.25, 0.3) is 0 Å². The van der Waals surface area contributed by atoms with Gasteiger partial charge in [-0.2, -0.15) is 0 Å². The number of hydrogen-bond donors (Lipinski definition) is 1. The maximum atomic E-state index is 13.0. The molecule has 0 aliphatic heterocycles. The van der Waals surface area contributed by atoms with Crippen LogP contribution in [0.3, 0.4) is 0 Å². The highest BCUT2D eigenvalue weighted by Crippen LogP contribution is 2.30. The summed E-state index contributed by atoms with van der Waals surface area (Å²) in [6.45, 7) is -0.0378. The summed E-state index contributed by atoms with van der Waals surface area (Å²) >= 11 is 1.16. The lowest BCUT2D eigenvalue weighted by Gasteiger charge is -2.17. The molecule has 0 unspecified atom stereocenters. The van der Waals surface area contributed by atoms with Crippen molar-refractivity contribution in [2.45, 2.75) is 9.46 Å². The first kappa shape index (κ1) is 19.0. The highest BCUT2D eigenvalue weighted by molar-refractivity contribution is 7.93. The Morgan fingerprint density at radius 1 is 1.11 bits per heavy atom. The minimum Gasteiger partial charge on any atom is -0.351 e. The molecule has 2 heterocycles. The van der Waals surface area contributed by atoms with E-state index in [-0.39, 0.29) is 16.7 Å². The standard InChI is InChI=1S/C20H18N2O3S2/c23-19(11-10-16-6-2-1-3-7-16)22-15-18(17-8-4-12-21-14-17)27(24,25)20-9-5-13-26-20/h1-14,18H,15H2,(H,22,23)/b11-10+/t18-/m1/s1. The molecule has 27 heavy (non-hydrogen) atoms. The lowest BCUT2D eigenvalue weighted by atomic mass is 10.2. The minimum absolute atomic E-state index is 0.0378. The summed E-state index contributed by atoms with van der Waals surface area (Å²) < 4.78 is 26.3. The summed E-state index contributed by atoms with van der Waals surface area (Å²) in [6, 6.07) is 16.1. The van der Waals surface area contributed by atoms with Gasteiger partial charge in [-0.05, 0) is 34.7 Å². The van der Waals surface area contributed by atoms with Crippen molar-refractivity contribution in [2.24, 2.45) is 0 Å². The average Bonchev–Trinajstić information content (AvgIpc) is 3.24. The molecule has 138 valence electrons. The summed E-state index contributed by atoms with van der Waals surface area (Å²) in [6.07, 6.45) is 6.18. The fourth-order valence-corrected chi connectivity index (χ4v) is 5.38. The first-order valence-electron chi connectivity index (χ1n) is 8.25. The van der Waals surface area contributed by atoms with Gasteiger partial charge in [-0.25, -0.2) is 8.42 Å². The van der Waals surface area contributed by atoms with E-state index in [1.54, 1.807) is 41.9 Å². The number of sulfone groups is 1. The molecule has 0 radical (unpaired) electrons. The van der Waals surface area contributed by atoms with Crippen molar-refractivity contribution in [1.82, 2.24) is 10.3 Å². The Morgan fingerprint density at radius 2 is 1.93 bits per heavy atom. The summed E-state index contributed by atoms with van der Waals surface area (Å²) in [7, 11) is -3.63. The van der Waals surface area contributed by atoms with Crippen LogP contribution in [0.2, 0.25) is 0 Å². The van der Waals surface area contributed by atoms with E-state index in [1.807, 2.05) is 30.3 Å². The number of aromatic nitrogens is 1. The molecule has 1 N–H and O–H groups in total. The van der Waals surface area contributed by atoms with E-state index in [2.05, 4.69) is 10.3 Å². The third-order valence-electron chi connectivity index (χ3n) is 3.89. The van der Waals surface area contributed by atoms with Gasteiger partial charge >= 0.3 is 0 Å². The number of carbonyl (C=O) groups is 1. The van der Waals surface area contributed by atoms with Crippen LogP contribution in [0.5, 0.6) is 0 Å². The summed E-state index contributed by atoms with van der Waals surface area (Å²) in [4.78, 5) is 16.2. The van der Waals surface area contributed by atoms with Crippen molar-refractivity contribution in [3.8, 4) is 0 Å². The number of amides is 1. The van der Waals surface area contributed by atoms with Gasteiger partial charge < -0.3 is 5.32 Å². The molecule has 0 aliphatic carbocycles. The topological polar surface area (TPSA) is 76.1 Å². The maximum absolute atomic E-state index is 13.0. The molecule has 1 aromatic carbocycles. The van der Waals surface area contributed by atoms with E-state index in [4.69, 9.17) is 0 Å². The Kier molecular flexibility index (Phi) is 6.16. The third-order valence-corrected chi connectivity index (χ3v) is 7.43. The second kappa shape index (κ2) is 8.75. The van der Waals surface area contributed by atoms with Gasteiger partial charge in [0.1, 0.15) is 9.46 Å². The van der Waals surface area contributed by atoms with Crippen LogP contribution >= 0.6 is 11.3 Å². The molecule has 2 aromatic heterocycles. The quantitative estimate of drug-likeness (QED) is 0.618. The van der Waals surface area contributed by atoms with Crippen LogP contribution in [0.25, 0.3) is 6.08 Å². The Hall–Kier alpha value is -2.77. The normalized spacial score (nSPS) is 12.7. The molecular formula is C20H18N2O3S2. The average molecular weight is 399 g/mol. The van der Waals surface area contributed by atoms with Gasteiger partial charge in [-0.3, -0.25) is 9.78 Å². The number of pyridine rings is 1. The van der Waals surface area contributed by atoms with Gasteiger partial charge in [-0.1, -0.05) is 42.5 Å². The molecular weight excluding hydrogens is 380 g/mol. The van der Waals surface area contributed by atoms with Crippen molar-refractivity contribution in [1.29, 1.82) is 0 Å². The second-order valence-corrected chi connectivity index (χ2v) is 9.05. The minimum atomic E-state index is -3.63. The Labute approximate surface area is 162 Å². The van der Waals surface area contributed by atoms with Crippen LogP contribution in [0.4, 0.5) is 0 Å². The second-order valence-electron chi connectivity index (χ2n) is 5.74. The highest BCUT2D eigenvalue weighted by atomic mass is 32.2. The zero-order chi connectivity index (χ0) is 19.1. The van der Waals surface area contributed by atoms with E-state index >= 15 is 0 Å². The number of thiophene rings is 1. The molecule has 0 saturated carbocycles. The van der Waals surface area contributed by atoms with Crippen molar-refractivity contribution < 1.29 is 13.2 Å². The molecule has 0 fully saturated rings. The maximum Gasteiger partial charge on any atom is 0.244 e. The van der Waals surface area contributed by atoms with Crippen LogP contribution < -0.4 is 5.32 Å². The number of carbonyl (C=O) groups excluding carboxylic acids is 1. The van der Waals surface area contributed by atoms with Crippen LogP contribution in [0.15, 0.2) is 82.7 Å². The molecule has 0 spiro atoms. The van der Waals surface area contributed by atoms with Gasteiger partial charge in [0.05, 0.1) is 0 Å². The van der Waals surface area contributed by atoms with E-state index in [1.165, 1.54) is 12.3 Å². The molecule has 0 bridgehead atoms. The Bertz CT molecular complexity index is 1000. The van der Waals surface area contributed by atoms with Gasteiger partial charge in [-0.15, -0.1) is 11.3 Å². The summed E-state index contributed by atoms with van der Waals surface area (Å²) in [5, 5.41) is 3.50. The monoisotopic (exact) mass is 398 g/mol. The van der Waals surface area contributed by atoms with Crippen molar-refractivity contribution in [2.75, 3.05) is 6.54 Å². The van der Waals surface area contributed by atoms with Gasteiger partial charge in [0.2, 0.25) is 5.91 Å². The number of benzene rings is 1. The third kappa shape index (κ3) is 4.90. The van der Waals surface area contributed by atoms with E-state index in [9.17, 15) is 13.2 Å². The number of nitrogens with one attached hydrogen (secondary N) is 1. The van der Waals surface area contributed by atoms with Gasteiger partial charge in [0, 0.05) is 25.0 Å². The fraction of sp³-hybridized carbons (Fsp3) is 0.100. The molecule has 5 nitrogen and oxygen atoms in total. The number of hydrogen-bond acceptors (Lipinski definition) is 5. The largest absolute Gasteiger partial charge is 0.351 e. The summed E-state index contributed by atoms with van der Waals surface area (Å²) in [5.41, 5.74) is 1.43. The Morgan fingerprint density at radius 3 is 2.59 bits per heavy atom. The molecule has 3 rings (SSSR count). The highest BCUT2D eigenvalue weighted by Gasteiger charge is 2.30. The Balaban J connectivity index is 1.77. The molecule has 1 atom stereocenters. The van der Waals surface area contributed by atoms with Crippen molar-refractivity contribution >= 4 is 33.2 Å². The lowest BCUT2D eigenvalue weighted by molar-refractivity contribution is -0.116. The zero-order valence-corrected chi connectivity index (χ0v) is 16.0. The smallest absolute Gasteiger partial charge is 0.244 e. The van der Waals surface area contributed by atoms with Crippen LogP contribution in [-0.2, 0) is 14.6 Å². The molecule has 7 heteroatoms. The first-order valence-corrected chi connectivity index (χ1v) is 10.7. The van der Waals surface area contributed by atoms with Crippen molar-refractivity contribution in [3.63, 3.8) is 0 Å². The van der Waals surface area contributed by atoms with Crippen LogP contribution in [0, 0.1) is 0 Å². The molecule has 1 amide bonds. The van der Waals surface area contributed by atoms with E-state index < -0.39 is 15.1 Å². The fourth-order valence-electron chi connectivity index (χ4n) is 2.53. The predicted molar refractivity (Wildman–Crippen MR) is 107 cm³/mol. The van der Waals surface area contributed by atoms with Crippen LogP contribution in [-0.4, -0.2) is 25.9 Å². The summed E-state index contributed by atoms with van der Waals surface area (Å²) in [5.74, 6) is -0.353. The zero-order valence-electron chi connectivity index (χ0n) is 14.4. The number of rotatable bonds is 7. The SMILES string of the molecule is O=C(/C=C/c1ccccc1)NC[C@H](c1cccnc1)S(=O)(=O)c1cccs1.